The lowest BCUT2D eigenvalue weighted by atomic mass is 10.0. The van der Waals surface area contributed by atoms with Gasteiger partial charge in [-0.25, -0.2) is 4.98 Å². The van der Waals surface area contributed by atoms with Crippen LogP contribution in [0.4, 0.5) is 0 Å². The van der Waals surface area contributed by atoms with Crippen LogP contribution in [0.5, 0.6) is 5.75 Å². The van der Waals surface area contributed by atoms with Crippen LogP contribution in [0.1, 0.15) is 17.8 Å². The molecule has 1 aromatic carbocycles. The van der Waals surface area contributed by atoms with Gasteiger partial charge >= 0.3 is 0 Å². The second-order valence-corrected chi connectivity index (χ2v) is 7.44. The number of furan rings is 1. The second-order valence-electron chi connectivity index (χ2n) is 7.44. The fourth-order valence-electron chi connectivity index (χ4n) is 4.20. The van der Waals surface area contributed by atoms with E-state index in [1.165, 1.54) is 5.56 Å². The minimum atomic E-state index is -0.140. The number of rotatable bonds is 4. The minimum Gasteiger partial charge on any atom is -0.497 e. The molecule has 0 radical (unpaired) electrons. The van der Waals surface area contributed by atoms with Crippen molar-refractivity contribution < 1.29 is 13.9 Å². The van der Waals surface area contributed by atoms with Gasteiger partial charge in [-0.05, 0) is 36.8 Å². The Morgan fingerprint density at radius 1 is 1.19 bits per heavy atom. The Morgan fingerprint density at radius 2 is 2.07 bits per heavy atom. The molecule has 6 heteroatoms. The number of hydrogen-bond acceptors (Lipinski definition) is 5. The van der Waals surface area contributed by atoms with Gasteiger partial charge in [0, 0.05) is 30.8 Å². The van der Waals surface area contributed by atoms with Gasteiger partial charge in [-0.1, -0.05) is 0 Å². The number of fused-ring (bicyclic) bond motifs is 1. The molecule has 0 unspecified atom stereocenters. The van der Waals surface area contributed by atoms with Crippen molar-refractivity contribution in [2.24, 2.45) is 0 Å². The van der Waals surface area contributed by atoms with Crippen LogP contribution in [0.15, 0.2) is 53.5 Å². The molecule has 2 aliphatic rings. The van der Waals surface area contributed by atoms with Gasteiger partial charge in [0.25, 0.3) is 0 Å². The summed E-state index contributed by atoms with van der Waals surface area (Å²) in [6, 6.07) is 10.2. The quantitative estimate of drug-likeness (QED) is 0.710. The molecule has 140 valence electrons. The van der Waals surface area contributed by atoms with Crippen LogP contribution in [-0.4, -0.2) is 40.3 Å². The lowest BCUT2D eigenvalue weighted by Gasteiger charge is -2.35. The Morgan fingerprint density at radius 3 is 2.85 bits per heavy atom. The van der Waals surface area contributed by atoms with E-state index in [0.717, 1.165) is 55.4 Å². The van der Waals surface area contributed by atoms with E-state index in [9.17, 15) is 0 Å². The van der Waals surface area contributed by atoms with Gasteiger partial charge in [0.1, 0.15) is 23.8 Å². The maximum atomic E-state index is 6.32. The second kappa shape index (κ2) is 6.55. The molecule has 1 saturated heterocycles. The molecule has 1 atom stereocenters. The van der Waals surface area contributed by atoms with E-state index < -0.39 is 0 Å². The van der Waals surface area contributed by atoms with E-state index in [0.29, 0.717) is 6.61 Å². The first-order valence-corrected chi connectivity index (χ1v) is 9.31. The van der Waals surface area contributed by atoms with Gasteiger partial charge in [0.15, 0.2) is 0 Å². The fourth-order valence-corrected chi connectivity index (χ4v) is 4.20. The summed E-state index contributed by atoms with van der Waals surface area (Å²) < 4.78 is 19.1. The lowest BCUT2D eigenvalue weighted by Crippen LogP contribution is -2.44. The number of nitrogens with zero attached hydrogens (tertiary/aromatic N) is 3. The van der Waals surface area contributed by atoms with Crippen molar-refractivity contribution in [1.29, 1.82) is 0 Å². The third kappa shape index (κ3) is 3.05. The van der Waals surface area contributed by atoms with Gasteiger partial charge < -0.3 is 18.5 Å². The Kier molecular flexibility index (Phi) is 4.02. The smallest absolute Gasteiger partial charge is 0.135 e. The molecule has 0 aliphatic carbocycles. The molecule has 0 N–H and O–H groups in total. The highest BCUT2D eigenvalue weighted by molar-refractivity contribution is 5.60. The summed E-state index contributed by atoms with van der Waals surface area (Å²) in [7, 11) is 1.69. The summed E-state index contributed by atoms with van der Waals surface area (Å²) in [5.74, 6) is 1.86. The number of methoxy groups -OCH3 is 1. The van der Waals surface area contributed by atoms with Crippen molar-refractivity contribution in [2.75, 3.05) is 20.2 Å². The molecule has 6 nitrogen and oxygen atoms in total. The summed E-state index contributed by atoms with van der Waals surface area (Å²) in [6.07, 6.45) is 6.54. The van der Waals surface area contributed by atoms with Crippen LogP contribution in [0, 0.1) is 0 Å². The maximum absolute atomic E-state index is 6.32. The summed E-state index contributed by atoms with van der Waals surface area (Å²) in [4.78, 5) is 7.04. The first-order valence-electron chi connectivity index (χ1n) is 9.31. The van der Waals surface area contributed by atoms with Crippen molar-refractivity contribution >= 4 is 0 Å². The molecule has 5 rings (SSSR count). The largest absolute Gasteiger partial charge is 0.497 e. The summed E-state index contributed by atoms with van der Waals surface area (Å²) in [5.41, 5.74) is 3.37. The zero-order chi connectivity index (χ0) is 18.3. The Bertz CT molecular complexity index is 917. The predicted molar refractivity (Wildman–Crippen MR) is 100 cm³/mol. The molecule has 0 amide bonds. The number of ether oxygens (including phenoxy) is 2. The highest BCUT2D eigenvalue weighted by Gasteiger charge is 2.43. The summed E-state index contributed by atoms with van der Waals surface area (Å²) >= 11 is 0. The minimum absolute atomic E-state index is 0.140. The van der Waals surface area contributed by atoms with Crippen molar-refractivity contribution in [3.8, 4) is 17.0 Å². The molecule has 1 spiro atoms. The third-order valence-corrected chi connectivity index (χ3v) is 5.66. The molecule has 1 fully saturated rings. The molecule has 2 aromatic heterocycles. The molecule has 0 saturated carbocycles. The van der Waals surface area contributed by atoms with Crippen molar-refractivity contribution in [3.63, 3.8) is 0 Å². The third-order valence-electron chi connectivity index (χ3n) is 5.66. The van der Waals surface area contributed by atoms with Crippen LogP contribution in [-0.2, 0) is 24.4 Å². The van der Waals surface area contributed by atoms with E-state index in [1.54, 1.807) is 13.4 Å². The van der Waals surface area contributed by atoms with Crippen LogP contribution >= 0.6 is 0 Å². The van der Waals surface area contributed by atoms with Crippen molar-refractivity contribution in [2.45, 2.75) is 31.7 Å². The Labute approximate surface area is 158 Å². The zero-order valence-corrected chi connectivity index (χ0v) is 15.4. The molecular formula is C21H23N3O3. The highest BCUT2D eigenvalue weighted by Crippen LogP contribution is 2.35. The van der Waals surface area contributed by atoms with E-state index >= 15 is 0 Å². The van der Waals surface area contributed by atoms with E-state index in [-0.39, 0.29) is 5.60 Å². The number of aromatic nitrogens is 2. The fraction of sp³-hybridized carbons (Fsp3) is 0.381. The first kappa shape index (κ1) is 16.6. The predicted octanol–water partition coefficient (Wildman–Crippen LogP) is 3.33. The van der Waals surface area contributed by atoms with Crippen LogP contribution in [0.3, 0.4) is 0 Å². The van der Waals surface area contributed by atoms with E-state index in [2.05, 4.69) is 26.6 Å². The van der Waals surface area contributed by atoms with Crippen LogP contribution < -0.4 is 4.74 Å². The average molecular weight is 365 g/mol. The number of likely N-dealkylation sites (tertiary alicyclic amines) is 1. The molecule has 0 bridgehead atoms. The standard InChI is InChI=1S/C21H23N3O3/c1-25-18-4-2-17(3-5-18)19-10-22-20-13-27-21(15-24(19)20)7-8-23(14-21)11-16-6-9-26-12-16/h2-6,9-10,12H,7-8,11,13-15H2,1H3/t21-/m1/s1. The molecule has 4 heterocycles. The Balaban J connectivity index is 1.37. The highest BCUT2D eigenvalue weighted by atomic mass is 16.5. The zero-order valence-electron chi connectivity index (χ0n) is 15.4. The topological polar surface area (TPSA) is 52.7 Å². The van der Waals surface area contributed by atoms with E-state index in [4.69, 9.17) is 13.9 Å². The molecule has 27 heavy (non-hydrogen) atoms. The monoisotopic (exact) mass is 365 g/mol. The first-order chi connectivity index (χ1) is 13.2. The molecule has 3 aromatic rings. The number of hydrogen-bond donors (Lipinski definition) is 0. The van der Waals surface area contributed by atoms with Gasteiger partial charge in [-0.15, -0.1) is 0 Å². The SMILES string of the molecule is COc1ccc(-c2cnc3n2C[C@]2(CCN(Cc4ccoc4)C2)OC3)cc1. The van der Waals surface area contributed by atoms with Gasteiger partial charge in [0.05, 0.1) is 38.1 Å². The number of imidazole rings is 1. The molecule has 2 aliphatic heterocycles. The Hall–Kier alpha value is -2.57. The van der Waals surface area contributed by atoms with Crippen molar-refractivity contribution in [3.05, 3.63) is 60.4 Å². The normalized spacial score (nSPS) is 22.3. The maximum Gasteiger partial charge on any atom is 0.135 e. The summed E-state index contributed by atoms with van der Waals surface area (Å²) in [6.45, 7) is 4.27. The van der Waals surface area contributed by atoms with Gasteiger partial charge in [-0.2, -0.15) is 0 Å². The van der Waals surface area contributed by atoms with Gasteiger partial charge in [0.2, 0.25) is 0 Å². The summed E-state index contributed by atoms with van der Waals surface area (Å²) in [5, 5.41) is 0. The lowest BCUT2D eigenvalue weighted by molar-refractivity contribution is -0.0821. The van der Waals surface area contributed by atoms with Crippen LogP contribution in [0.2, 0.25) is 0 Å². The number of benzene rings is 1. The molecular weight excluding hydrogens is 342 g/mol. The van der Waals surface area contributed by atoms with Gasteiger partial charge in [-0.3, -0.25) is 4.90 Å². The average Bonchev–Trinajstić information content (AvgIpc) is 3.43. The van der Waals surface area contributed by atoms with Crippen molar-refractivity contribution in [1.82, 2.24) is 14.5 Å². The van der Waals surface area contributed by atoms with E-state index in [1.807, 2.05) is 30.7 Å². The van der Waals surface area contributed by atoms with Crippen LogP contribution in [0.25, 0.3) is 11.3 Å².